The first-order valence-corrected chi connectivity index (χ1v) is 12.0. The Morgan fingerprint density at radius 3 is 1.76 bits per heavy atom. The van der Waals surface area contributed by atoms with Crippen molar-refractivity contribution in [2.75, 3.05) is 0 Å². The summed E-state index contributed by atoms with van der Waals surface area (Å²) in [5.41, 5.74) is 16.3. The molecule has 8 bridgehead atoms. The summed E-state index contributed by atoms with van der Waals surface area (Å²) in [6, 6.07) is 13.0. The molecule has 4 heteroatoms. The van der Waals surface area contributed by atoms with Crippen LogP contribution in [0.15, 0.2) is 36.4 Å². The molecule has 0 radical (unpaired) electrons. The van der Waals surface area contributed by atoms with E-state index in [2.05, 4.69) is 87.9 Å². The Balaban J connectivity index is 1.94. The van der Waals surface area contributed by atoms with Gasteiger partial charge in [-0.2, -0.15) is 0 Å². The van der Waals surface area contributed by atoms with Crippen molar-refractivity contribution >= 4 is 44.4 Å². The van der Waals surface area contributed by atoms with Crippen LogP contribution in [0.3, 0.4) is 0 Å². The molecule has 3 aromatic heterocycles. The van der Waals surface area contributed by atoms with E-state index < -0.39 is 0 Å². The molecule has 2 N–H and O–H groups in total. The molecule has 2 aliphatic rings. The maximum absolute atomic E-state index is 5.09. The topological polar surface area (TPSA) is 57.4 Å². The average Bonchev–Trinajstić information content (AvgIpc) is 3.50. The van der Waals surface area contributed by atoms with Crippen molar-refractivity contribution in [3.63, 3.8) is 0 Å². The van der Waals surface area contributed by atoms with Gasteiger partial charge in [-0.25, -0.2) is 9.97 Å². The molecule has 0 atom stereocenters. The third-order valence-corrected chi connectivity index (χ3v) is 7.16. The van der Waals surface area contributed by atoms with Gasteiger partial charge < -0.3 is 9.97 Å². The third-order valence-electron chi connectivity index (χ3n) is 7.16. The van der Waals surface area contributed by atoms with Crippen molar-refractivity contribution in [1.82, 2.24) is 19.9 Å². The van der Waals surface area contributed by atoms with Crippen molar-refractivity contribution in [2.24, 2.45) is 0 Å². The Morgan fingerprint density at radius 1 is 0.606 bits per heavy atom. The molecule has 0 spiro atoms. The van der Waals surface area contributed by atoms with Crippen LogP contribution in [0.5, 0.6) is 0 Å². The molecule has 168 valence electrons. The Kier molecular flexibility index (Phi) is 5.32. The number of rotatable bonds is 3. The minimum Gasteiger partial charge on any atom is -0.355 e. The number of allylic oxidation sites excluding steroid dienone is 4. The van der Waals surface area contributed by atoms with Gasteiger partial charge in [-0.1, -0.05) is 20.8 Å². The Hall–Kier alpha value is -3.40. The zero-order valence-corrected chi connectivity index (χ0v) is 20.5. The van der Waals surface area contributed by atoms with Crippen LogP contribution < -0.4 is 0 Å². The largest absolute Gasteiger partial charge is 0.355 e. The zero-order chi connectivity index (χ0) is 23.3. The molecule has 0 saturated carbocycles. The van der Waals surface area contributed by atoms with Crippen LogP contribution in [0, 0.1) is 6.92 Å². The van der Waals surface area contributed by atoms with E-state index in [0.29, 0.717) is 0 Å². The Labute approximate surface area is 195 Å². The minimum atomic E-state index is 0.951. The summed E-state index contributed by atoms with van der Waals surface area (Å²) < 4.78 is 0. The highest BCUT2D eigenvalue weighted by molar-refractivity contribution is 5.95. The third kappa shape index (κ3) is 3.54. The van der Waals surface area contributed by atoms with Gasteiger partial charge in [0.05, 0.1) is 22.8 Å². The lowest BCUT2D eigenvalue weighted by Crippen LogP contribution is -1.85. The lowest BCUT2D eigenvalue weighted by molar-refractivity contribution is 1.14. The number of aromatic amines is 2. The number of H-pyrrole nitrogens is 2. The standard InChI is InChI=1S/C29H32N4/c1-7-21-17(5)25-14-26-18(6)23(9-3)29(33-26)15-28-22(8-2)16(4)24(31-28)12-19-10-11-20(30-19)13-27(21)32-25/h10-15,30,32H,7-9H2,1-6H3. The van der Waals surface area contributed by atoms with Crippen LogP contribution in [-0.2, 0) is 6.42 Å². The van der Waals surface area contributed by atoms with E-state index in [1.54, 1.807) is 0 Å². The van der Waals surface area contributed by atoms with Crippen molar-refractivity contribution in [3.05, 3.63) is 70.3 Å². The number of nitrogens with one attached hydrogen (secondary N) is 2. The van der Waals surface area contributed by atoms with Crippen LogP contribution in [0.25, 0.3) is 44.4 Å². The first-order chi connectivity index (χ1) is 15.9. The zero-order valence-electron chi connectivity index (χ0n) is 20.5. The molecule has 2 aliphatic heterocycles. The molecule has 3 aromatic rings. The fraction of sp³-hybridized carbons (Fsp3) is 0.310. The normalized spacial score (nSPS) is 13.9. The molecular formula is C29H32N4. The van der Waals surface area contributed by atoms with Crippen LogP contribution in [0.2, 0.25) is 0 Å². The summed E-state index contributed by atoms with van der Waals surface area (Å²) in [7, 11) is 0. The average molecular weight is 437 g/mol. The van der Waals surface area contributed by atoms with Gasteiger partial charge in [-0.05, 0) is 110 Å². The van der Waals surface area contributed by atoms with Gasteiger partial charge in [-0.15, -0.1) is 0 Å². The maximum Gasteiger partial charge on any atom is 0.0693 e. The van der Waals surface area contributed by atoms with Crippen molar-refractivity contribution in [2.45, 2.75) is 60.8 Å². The van der Waals surface area contributed by atoms with Gasteiger partial charge in [0.25, 0.3) is 0 Å². The lowest BCUT2D eigenvalue weighted by atomic mass is 10.0. The highest BCUT2D eigenvalue weighted by Gasteiger charge is 2.19. The fourth-order valence-corrected chi connectivity index (χ4v) is 5.24. The summed E-state index contributed by atoms with van der Waals surface area (Å²) in [6.45, 7) is 13.2. The number of hydrogen-bond donors (Lipinski definition) is 2. The summed E-state index contributed by atoms with van der Waals surface area (Å²) in [6.07, 6.45) is 2.88. The summed E-state index contributed by atoms with van der Waals surface area (Å²) >= 11 is 0. The first-order valence-electron chi connectivity index (χ1n) is 12.0. The summed E-state index contributed by atoms with van der Waals surface area (Å²) in [5, 5.41) is 0. The second-order valence-corrected chi connectivity index (χ2v) is 9.03. The van der Waals surface area contributed by atoms with Crippen molar-refractivity contribution in [1.29, 1.82) is 0 Å². The molecule has 5 rings (SSSR count). The minimum absolute atomic E-state index is 0.951. The molecule has 0 saturated heterocycles. The van der Waals surface area contributed by atoms with Crippen LogP contribution >= 0.6 is 0 Å². The van der Waals surface area contributed by atoms with Crippen LogP contribution in [0.4, 0.5) is 0 Å². The molecular weight excluding hydrogens is 404 g/mol. The van der Waals surface area contributed by atoms with Gasteiger partial charge in [0.15, 0.2) is 0 Å². The SMILES string of the molecule is CCC1=C(C)c2cc3ccc(cc4[nH]c(cc5nc(cc1n2)C(CC)=C5C)c(C)c4CC)[nH]3. The van der Waals surface area contributed by atoms with Gasteiger partial charge in [0, 0.05) is 22.1 Å². The van der Waals surface area contributed by atoms with Gasteiger partial charge in [-0.3, -0.25) is 0 Å². The fourth-order valence-electron chi connectivity index (χ4n) is 5.24. The molecule has 0 unspecified atom stereocenters. The highest BCUT2D eigenvalue weighted by Crippen LogP contribution is 2.36. The number of nitrogens with zero attached hydrogens (tertiary/aromatic N) is 2. The number of hydrogen-bond acceptors (Lipinski definition) is 2. The highest BCUT2D eigenvalue weighted by atomic mass is 14.8. The van der Waals surface area contributed by atoms with Crippen LogP contribution in [0.1, 0.15) is 81.4 Å². The van der Waals surface area contributed by atoms with Gasteiger partial charge in [0.2, 0.25) is 0 Å². The smallest absolute Gasteiger partial charge is 0.0693 e. The van der Waals surface area contributed by atoms with E-state index in [0.717, 1.165) is 64.1 Å². The number of aromatic nitrogens is 4. The summed E-state index contributed by atoms with van der Waals surface area (Å²) in [5.74, 6) is 0. The lowest BCUT2D eigenvalue weighted by Gasteiger charge is -2.02. The predicted octanol–water partition coefficient (Wildman–Crippen LogP) is 7.87. The van der Waals surface area contributed by atoms with E-state index >= 15 is 0 Å². The van der Waals surface area contributed by atoms with Crippen molar-refractivity contribution < 1.29 is 0 Å². The van der Waals surface area contributed by atoms with Gasteiger partial charge >= 0.3 is 0 Å². The van der Waals surface area contributed by atoms with E-state index in [9.17, 15) is 0 Å². The van der Waals surface area contributed by atoms with E-state index in [-0.39, 0.29) is 0 Å². The second-order valence-electron chi connectivity index (χ2n) is 9.03. The molecule has 33 heavy (non-hydrogen) atoms. The maximum atomic E-state index is 5.09. The number of fused-ring (bicyclic) bond motifs is 8. The van der Waals surface area contributed by atoms with Crippen molar-refractivity contribution in [3.8, 4) is 0 Å². The van der Waals surface area contributed by atoms with Crippen LogP contribution in [-0.4, -0.2) is 19.9 Å². The predicted molar refractivity (Wildman–Crippen MR) is 141 cm³/mol. The van der Waals surface area contributed by atoms with Gasteiger partial charge in [0.1, 0.15) is 0 Å². The molecule has 4 nitrogen and oxygen atoms in total. The second kappa shape index (κ2) is 8.18. The molecule has 0 aliphatic carbocycles. The van der Waals surface area contributed by atoms with E-state index in [1.807, 2.05) is 0 Å². The first kappa shape index (κ1) is 21.4. The Bertz CT molecular complexity index is 1490. The molecule has 0 amide bonds. The Morgan fingerprint density at radius 2 is 1.18 bits per heavy atom. The summed E-state index contributed by atoms with van der Waals surface area (Å²) in [4.78, 5) is 17.4. The van der Waals surface area contributed by atoms with E-state index in [4.69, 9.17) is 9.97 Å². The number of aryl methyl sites for hydroxylation is 2. The quantitative estimate of drug-likeness (QED) is 0.439. The van der Waals surface area contributed by atoms with E-state index in [1.165, 1.54) is 33.4 Å². The monoisotopic (exact) mass is 436 g/mol. The molecule has 0 fully saturated rings. The molecule has 0 aromatic carbocycles. The molecule has 5 heterocycles.